The van der Waals surface area contributed by atoms with Crippen molar-refractivity contribution >= 4 is 5.97 Å². The van der Waals surface area contributed by atoms with Crippen molar-refractivity contribution in [3.63, 3.8) is 0 Å². The van der Waals surface area contributed by atoms with E-state index in [0.29, 0.717) is 5.75 Å². The highest BCUT2D eigenvalue weighted by Crippen LogP contribution is 2.42. The predicted molar refractivity (Wildman–Crippen MR) is 140 cm³/mol. The lowest BCUT2D eigenvalue weighted by Gasteiger charge is -2.26. The summed E-state index contributed by atoms with van der Waals surface area (Å²) in [5, 5.41) is 0. The number of ether oxygens (including phenoxy) is 1. The van der Waals surface area contributed by atoms with Gasteiger partial charge in [0, 0.05) is 35.8 Å². The summed E-state index contributed by atoms with van der Waals surface area (Å²) < 4.78 is 5.96. The molecule has 0 bridgehead atoms. The maximum Gasteiger partial charge on any atom is 0.308 e. The Hall–Kier alpha value is -3.65. The van der Waals surface area contributed by atoms with Crippen molar-refractivity contribution in [1.82, 2.24) is 0 Å². The summed E-state index contributed by atoms with van der Waals surface area (Å²) in [6.45, 7) is 8.09. The molecule has 34 heavy (non-hydrogen) atoms. The molecule has 0 aromatic heterocycles. The molecular weight excluding hydrogens is 416 g/mol. The first-order valence-electron chi connectivity index (χ1n) is 12.0. The lowest BCUT2D eigenvalue weighted by Crippen LogP contribution is -2.12. The Labute approximate surface area is 203 Å². The van der Waals surface area contributed by atoms with E-state index in [4.69, 9.17) is 4.74 Å². The molecule has 172 valence electrons. The molecule has 2 nitrogen and oxygen atoms in total. The minimum atomic E-state index is -0.299. The van der Waals surface area contributed by atoms with Crippen LogP contribution in [0.4, 0.5) is 0 Å². The fourth-order valence-electron chi connectivity index (χ4n) is 4.63. The fourth-order valence-corrected chi connectivity index (χ4v) is 4.63. The zero-order valence-corrected chi connectivity index (χ0v) is 20.4. The molecule has 0 aliphatic rings. The minimum Gasteiger partial charge on any atom is -0.426 e. The van der Waals surface area contributed by atoms with E-state index in [9.17, 15) is 4.79 Å². The average molecular weight is 449 g/mol. The maximum absolute atomic E-state index is 12.3. The maximum atomic E-state index is 12.3. The molecule has 0 aliphatic carbocycles. The monoisotopic (exact) mass is 448 g/mol. The molecule has 3 atom stereocenters. The van der Waals surface area contributed by atoms with Crippen molar-refractivity contribution in [2.24, 2.45) is 0 Å². The molecule has 0 fully saturated rings. The van der Waals surface area contributed by atoms with Gasteiger partial charge >= 0.3 is 5.97 Å². The van der Waals surface area contributed by atoms with Crippen LogP contribution in [0.5, 0.6) is 5.75 Å². The molecule has 0 radical (unpaired) electrons. The molecular formula is C32H32O2. The number of esters is 1. The first-order valence-corrected chi connectivity index (χ1v) is 12.0. The molecule has 0 aliphatic heterocycles. The van der Waals surface area contributed by atoms with Crippen LogP contribution in [0.25, 0.3) is 0 Å². The second-order valence-corrected chi connectivity index (χ2v) is 9.02. The standard InChI is InChI=1S/C32H32O2/c1-22(26-14-8-5-9-15-26)29-20-30(23(2)27-16-10-6-11-17-27)32(34-25(4)33)31(21-29)24(3)28-18-12-7-13-19-28/h5-24H,1-4H3. The van der Waals surface area contributed by atoms with Crippen LogP contribution < -0.4 is 4.74 Å². The number of carbonyl (C=O) groups excluding carboxylic acids is 1. The largest absolute Gasteiger partial charge is 0.426 e. The highest BCUT2D eigenvalue weighted by atomic mass is 16.5. The quantitative estimate of drug-likeness (QED) is 0.211. The molecule has 0 saturated heterocycles. The van der Waals surface area contributed by atoms with E-state index >= 15 is 0 Å². The fraction of sp³-hybridized carbons (Fsp3) is 0.219. The van der Waals surface area contributed by atoms with Gasteiger partial charge in [-0.15, -0.1) is 0 Å². The molecule has 0 heterocycles. The van der Waals surface area contributed by atoms with Crippen molar-refractivity contribution in [2.75, 3.05) is 0 Å². The Kier molecular flexibility index (Phi) is 7.27. The third kappa shape index (κ3) is 5.12. The number of hydrogen-bond donors (Lipinski definition) is 0. The van der Waals surface area contributed by atoms with E-state index in [1.54, 1.807) is 0 Å². The van der Waals surface area contributed by atoms with Gasteiger partial charge in [0.05, 0.1) is 0 Å². The third-order valence-electron chi connectivity index (χ3n) is 6.75. The van der Waals surface area contributed by atoms with Gasteiger partial charge in [0.2, 0.25) is 0 Å². The molecule has 4 rings (SSSR count). The zero-order chi connectivity index (χ0) is 24.1. The highest BCUT2D eigenvalue weighted by Gasteiger charge is 2.25. The van der Waals surface area contributed by atoms with Crippen LogP contribution >= 0.6 is 0 Å². The average Bonchev–Trinajstić information content (AvgIpc) is 2.88. The summed E-state index contributed by atoms with van der Waals surface area (Å²) in [6.07, 6.45) is 0. The van der Waals surface area contributed by atoms with Gasteiger partial charge in [0.1, 0.15) is 5.75 Å². The van der Waals surface area contributed by atoms with E-state index in [0.717, 1.165) is 11.1 Å². The Balaban J connectivity index is 1.94. The second kappa shape index (κ2) is 10.5. The number of carbonyl (C=O) groups is 1. The third-order valence-corrected chi connectivity index (χ3v) is 6.75. The van der Waals surface area contributed by atoms with E-state index in [-0.39, 0.29) is 23.7 Å². The van der Waals surface area contributed by atoms with E-state index in [1.807, 2.05) is 18.2 Å². The van der Waals surface area contributed by atoms with Crippen molar-refractivity contribution < 1.29 is 9.53 Å². The van der Waals surface area contributed by atoms with E-state index in [1.165, 1.54) is 29.2 Å². The van der Waals surface area contributed by atoms with Gasteiger partial charge in [0.25, 0.3) is 0 Å². The van der Waals surface area contributed by atoms with Gasteiger partial charge in [-0.2, -0.15) is 0 Å². The lowest BCUT2D eigenvalue weighted by molar-refractivity contribution is -0.132. The van der Waals surface area contributed by atoms with Crippen molar-refractivity contribution in [2.45, 2.75) is 45.4 Å². The lowest BCUT2D eigenvalue weighted by atomic mass is 9.81. The molecule has 0 spiro atoms. The summed E-state index contributed by atoms with van der Waals surface area (Å²) in [5.74, 6) is 0.729. The van der Waals surface area contributed by atoms with Gasteiger partial charge < -0.3 is 4.74 Å². The topological polar surface area (TPSA) is 26.3 Å². The van der Waals surface area contributed by atoms with Crippen LogP contribution in [-0.4, -0.2) is 5.97 Å². The van der Waals surface area contributed by atoms with Crippen LogP contribution in [-0.2, 0) is 4.79 Å². The van der Waals surface area contributed by atoms with Crippen molar-refractivity contribution in [1.29, 1.82) is 0 Å². The molecule has 0 amide bonds. The van der Waals surface area contributed by atoms with Crippen molar-refractivity contribution in [3.05, 3.63) is 137 Å². The molecule has 4 aromatic carbocycles. The van der Waals surface area contributed by atoms with Gasteiger partial charge in [-0.05, 0) is 22.3 Å². The molecule has 0 saturated carbocycles. The van der Waals surface area contributed by atoms with Crippen LogP contribution in [0.3, 0.4) is 0 Å². The summed E-state index contributed by atoms with van der Waals surface area (Å²) in [4.78, 5) is 12.3. The smallest absolute Gasteiger partial charge is 0.308 e. The highest BCUT2D eigenvalue weighted by molar-refractivity contribution is 5.71. The molecule has 2 heteroatoms. The summed E-state index contributed by atoms with van der Waals surface area (Å²) in [5.41, 5.74) is 6.95. The summed E-state index contributed by atoms with van der Waals surface area (Å²) >= 11 is 0. The Bertz CT molecular complexity index is 1160. The minimum absolute atomic E-state index is 0.0696. The predicted octanol–water partition coefficient (Wildman–Crippen LogP) is 8.07. The van der Waals surface area contributed by atoms with Crippen LogP contribution in [0, 0.1) is 0 Å². The van der Waals surface area contributed by atoms with Crippen LogP contribution in [0.1, 0.15) is 78.8 Å². The van der Waals surface area contributed by atoms with Crippen LogP contribution in [0.2, 0.25) is 0 Å². The summed E-state index contributed by atoms with van der Waals surface area (Å²) in [7, 11) is 0. The summed E-state index contributed by atoms with van der Waals surface area (Å²) in [6, 6.07) is 35.8. The van der Waals surface area contributed by atoms with Gasteiger partial charge in [-0.3, -0.25) is 4.79 Å². The van der Waals surface area contributed by atoms with E-state index < -0.39 is 0 Å². The number of hydrogen-bond acceptors (Lipinski definition) is 2. The molecule has 0 N–H and O–H groups in total. The van der Waals surface area contributed by atoms with Crippen molar-refractivity contribution in [3.8, 4) is 5.75 Å². The Morgan fingerprint density at radius 2 is 0.912 bits per heavy atom. The van der Waals surface area contributed by atoms with Gasteiger partial charge in [-0.25, -0.2) is 0 Å². The SMILES string of the molecule is CC(=O)Oc1c(C(C)c2ccccc2)cc(C(C)c2ccccc2)cc1C(C)c1ccccc1. The first-order chi connectivity index (χ1) is 16.5. The van der Waals surface area contributed by atoms with Crippen LogP contribution in [0.15, 0.2) is 103 Å². The Morgan fingerprint density at radius 1 is 0.559 bits per heavy atom. The van der Waals surface area contributed by atoms with E-state index in [2.05, 4.69) is 106 Å². The van der Waals surface area contributed by atoms with Gasteiger partial charge in [0.15, 0.2) is 0 Å². The van der Waals surface area contributed by atoms with Gasteiger partial charge in [-0.1, -0.05) is 124 Å². The first kappa shape index (κ1) is 23.5. The molecule has 3 unspecified atom stereocenters. The normalized spacial score (nSPS) is 13.6. The second-order valence-electron chi connectivity index (χ2n) is 9.02. The number of rotatable bonds is 7. The molecule has 4 aromatic rings. The number of benzene rings is 4. The zero-order valence-electron chi connectivity index (χ0n) is 20.4. The Morgan fingerprint density at radius 3 is 1.26 bits per heavy atom.